The molecule has 8 heteroatoms. The van der Waals surface area contributed by atoms with Crippen LogP contribution in [0, 0.1) is 5.82 Å². The third kappa shape index (κ3) is 3.55. The average molecular weight is 378 g/mol. The van der Waals surface area contributed by atoms with Crippen LogP contribution in [0.15, 0.2) is 42.6 Å². The molecule has 2 aromatic rings. The number of carbonyl (C=O) groups is 1. The Morgan fingerprint density at radius 1 is 1.23 bits per heavy atom. The molecule has 1 aliphatic rings. The van der Waals surface area contributed by atoms with Gasteiger partial charge in [0.2, 0.25) is 5.88 Å². The minimum absolute atomic E-state index is 0.0458. The number of benzene rings is 1. The van der Waals surface area contributed by atoms with Crippen LogP contribution < -0.4 is 4.74 Å². The maximum absolute atomic E-state index is 14.1. The molecular weight excluding hydrogens is 359 g/mol. The fraction of sp³-hybridized carbons (Fsp3) is 0.333. The average Bonchev–Trinajstić information content (AvgIpc) is 2.80. The normalized spacial score (nSPS) is 19.6. The van der Waals surface area contributed by atoms with Crippen molar-refractivity contribution in [3.8, 4) is 5.88 Å². The van der Waals surface area contributed by atoms with Gasteiger partial charge in [0, 0.05) is 24.8 Å². The van der Waals surface area contributed by atoms with Crippen molar-refractivity contribution in [2.45, 2.75) is 11.7 Å². The standard InChI is InChI=1S/C18H19FN2O4S/c1-25-17-14(6-4-9-20-17)18(22)21-10-8-16(26(23,24)12-11-21)13-5-2-3-7-15(13)19/h2-7,9,16H,8,10-12H2,1H3. The highest BCUT2D eigenvalue weighted by Crippen LogP contribution is 2.31. The van der Waals surface area contributed by atoms with E-state index < -0.39 is 20.9 Å². The Labute approximate surface area is 151 Å². The van der Waals surface area contributed by atoms with E-state index in [9.17, 15) is 17.6 Å². The van der Waals surface area contributed by atoms with Gasteiger partial charge in [-0.25, -0.2) is 17.8 Å². The number of carbonyl (C=O) groups excluding carboxylic acids is 1. The lowest BCUT2D eigenvalue weighted by Gasteiger charge is -2.20. The molecule has 1 aromatic heterocycles. The Morgan fingerprint density at radius 3 is 2.73 bits per heavy atom. The first-order valence-electron chi connectivity index (χ1n) is 8.18. The van der Waals surface area contributed by atoms with Gasteiger partial charge in [-0.3, -0.25) is 4.79 Å². The first-order chi connectivity index (χ1) is 12.4. The van der Waals surface area contributed by atoms with Crippen molar-refractivity contribution in [3.05, 3.63) is 59.5 Å². The van der Waals surface area contributed by atoms with Gasteiger partial charge in [0.1, 0.15) is 11.4 Å². The molecule has 1 fully saturated rings. The van der Waals surface area contributed by atoms with Crippen molar-refractivity contribution in [1.82, 2.24) is 9.88 Å². The van der Waals surface area contributed by atoms with Crippen molar-refractivity contribution >= 4 is 15.7 Å². The molecule has 6 nitrogen and oxygen atoms in total. The Kier molecular flexibility index (Phi) is 5.22. The number of nitrogens with zero attached hydrogens (tertiary/aromatic N) is 2. The van der Waals surface area contributed by atoms with Crippen LogP contribution in [0.25, 0.3) is 0 Å². The number of halogens is 1. The van der Waals surface area contributed by atoms with Gasteiger partial charge in [-0.05, 0) is 24.6 Å². The van der Waals surface area contributed by atoms with E-state index in [0.717, 1.165) is 0 Å². The molecule has 1 unspecified atom stereocenters. The lowest BCUT2D eigenvalue weighted by atomic mass is 10.1. The van der Waals surface area contributed by atoms with E-state index in [1.165, 1.54) is 36.4 Å². The summed E-state index contributed by atoms with van der Waals surface area (Å²) in [5.74, 6) is -0.926. The van der Waals surface area contributed by atoms with Gasteiger partial charge in [0.05, 0.1) is 18.1 Å². The number of aromatic nitrogens is 1. The number of ether oxygens (including phenoxy) is 1. The van der Waals surface area contributed by atoms with Crippen molar-refractivity contribution < 1.29 is 22.3 Å². The van der Waals surface area contributed by atoms with Crippen LogP contribution in [0.3, 0.4) is 0 Å². The summed E-state index contributed by atoms with van der Waals surface area (Å²) in [5.41, 5.74) is 0.428. The Bertz CT molecular complexity index is 917. The number of hydrogen-bond donors (Lipinski definition) is 0. The number of rotatable bonds is 3. The molecule has 1 atom stereocenters. The number of pyridine rings is 1. The zero-order valence-corrected chi connectivity index (χ0v) is 15.1. The third-order valence-electron chi connectivity index (χ3n) is 4.47. The molecule has 138 valence electrons. The van der Waals surface area contributed by atoms with Crippen LogP contribution in [0.2, 0.25) is 0 Å². The van der Waals surface area contributed by atoms with Crippen LogP contribution in [-0.2, 0) is 9.84 Å². The molecule has 0 radical (unpaired) electrons. The van der Waals surface area contributed by atoms with Crippen molar-refractivity contribution in [2.75, 3.05) is 26.0 Å². The summed E-state index contributed by atoms with van der Waals surface area (Å²) in [6.07, 6.45) is 1.65. The van der Waals surface area contributed by atoms with E-state index in [1.54, 1.807) is 18.2 Å². The molecule has 0 bridgehead atoms. The van der Waals surface area contributed by atoms with Gasteiger partial charge in [-0.2, -0.15) is 0 Å². The van der Waals surface area contributed by atoms with Crippen molar-refractivity contribution in [2.24, 2.45) is 0 Å². The Hall–Kier alpha value is -2.48. The third-order valence-corrected chi connectivity index (χ3v) is 6.58. The summed E-state index contributed by atoms with van der Waals surface area (Å²) in [4.78, 5) is 18.2. The highest BCUT2D eigenvalue weighted by Gasteiger charge is 2.34. The lowest BCUT2D eigenvalue weighted by Crippen LogP contribution is -2.33. The van der Waals surface area contributed by atoms with Gasteiger partial charge in [-0.1, -0.05) is 18.2 Å². The summed E-state index contributed by atoms with van der Waals surface area (Å²) >= 11 is 0. The predicted molar refractivity (Wildman–Crippen MR) is 94.2 cm³/mol. The second-order valence-electron chi connectivity index (χ2n) is 6.02. The smallest absolute Gasteiger partial charge is 0.259 e. The Morgan fingerprint density at radius 2 is 2.00 bits per heavy atom. The van der Waals surface area contributed by atoms with Crippen LogP contribution in [-0.4, -0.2) is 50.2 Å². The molecule has 1 aromatic carbocycles. The molecular formula is C18H19FN2O4S. The highest BCUT2D eigenvalue weighted by atomic mass is 32.2. The van der Waals surface area contributed by atoms with Crippen LogP contribution in [0.5, 0.6) is 5.88 Å². The van der Waals surface area contributed by atoms with Gasteiger partial charge in [0.25, 0.3) is 5.91 Å². The van der Waals surface area contributed by atoms with E-state index in [-0.39, 0.29) is 48.2 Å². The summed E-state index contributed by atoms with van der Waals surface area (Å²) < 4.78 is 44.5. The molecule has 2 heterocycles. The van der Waals surface area contributed by atoms with Crippen molar-refractivity contribution in [3.63, 3.8) is 0 Å². The number of sulfone groups is 1. The molecule has 3 rings (SSSR count). The largest absolute Gasteiger partial charge is 0.480 e. The molecule has 0 saturated carbocycles. The fourth-order valence-electron chi connectivity index (χ4n) is 3.12. The summed E-state index contributed by atoms with van der Waals surface area (Å²) in [5, 5.41) is -0.961. The van der Waals surface area contributed by atoms with Crippen LogP contribution >= 0.6 is 0 Å². The Balaban J connectivity index is 1.87. The second-order valence-corrected chi connectivity index (χ2v) is 8.32. The van der Waals surface area contributed by atoms with Crippen LogP contribution in [0.4, 0.5) is 4.39 Å². The van der Waals surface area contributed by atoms with E-state index in [4.69, 9.17) is 4.74 Å². The first kappa shape index (κ1) is 18.3. The second kappa shape index (κ2) is 7.41. The molecule has 1 aliphatic heterocycles. The summed E-state index contributed by atoms with van der Waals surface area (Å²) in [6, 6.07) is 9.07. The molecule has 1 saturated heterocycles. The predicted octanol–water partition coefficient (Wildman–Crippen LogP) is 2.23. The number of hydrogen-bond acceptors (Lipinski definition) is 5. The van der Waals surface area contributed by atoms with E-state index >= 15 is 0 Å². The van der Waals surface area contributed by atoms with Gasteiger partial charge in [0.15, 0.2) is 9.84 Å². The zero-order valence-electron chi connectivity index (χ0n) is 14.3. The maximum atomic E-state index is 14.1. The maximum Gasteiger partial charge on any atom is 0.259 e. The van der Waals surface area contributed by atoms with Crippen molar-refractivity contribution in [1.29, 1.82) is 0 Å². The van der Waals surface area contributed by atoms with E-state index in [2.05, 4.69) is 4.98 Å². The van der Waals surface area contributed by atoms with E-state index in [0.29, 0.717) is 0 Å². The molecule has 0 N–H and O–H groups in total. The quantitative estimate of drug-likeness (QED) is 0.819. The van der Waals surface area contributed by atoms with Gasteiger partial charge < -0.3 is 9.64 Å². The van der Waals surface area contributed by atoms with Crippen LogP contribution in [0.1, 0.15) is 27.6 Å². The number of amides is 1. The van der Waals surface area contributed by atoms with Gasteiger partial charge in [-0.15, -0.1) is 0 Å². The molecule has 0 spiro atoms. The molecule has 0 aliphatic carbocycles. The molecule has 26 heavy (non-hydrogen) atoms. The fourth-order valence-corrected chi connectivity index (χ4v) is 4.92. The monoisotopic (exact) mass is 378 g/mol. The topological polar surface area (TPSA) is 76.6 Å². The molecule has 1 amide bonds. The summed E-state index contributed by atoms with van der Waals surface area (Å²) in [6.45, 7) is 0.249. The highest BCUT2D eigenvalue weighted by molar-refractivity contribution is 7.91. The number of methoxy groups -OCH3 is 1. The van der Waals surface area contributed by atoms with E-state index in [1.807, 2.05) is 0 Å². The summed E-state index contributed by atoms with van der Waals surface area (Å²) in [7, 11) is -2.16. The minimum atomic E-state index is -3.58. The lowest BCUT2D eigenvalue weighted by molar-refractivity contribution is 0.0762. The first-order valence-corrected chi connectivity index (χ1v) is 9.90. The zero-order chi connectivity index (χ0) is 18.7. The SMILES string of the molecule is COc1ncccc1C(=O)N1CCC(c2ccccc2F)S(=O)(=O)CC1. The van der Waals surface area contributed by atoms with Gasteiger partial charge >= 0.3 is 0 Å². The minimum Gasteiger partial charge on any atom is -0.480 e.